The lowest BCUT2D eigenvalue weighted by Crippen LogP contribution is -2.41. The van der Waals surface area contributed by atoms with Crippen LogP contribution in [0.25, 0.3) is 11.5 Å². The Morgan fingerprint density at radius 2 is 1.83 bits per heavy atom. The van der Waals surface area contributed by atoms with Crippen molar-refractivity contribution in [2.24, 2.45) is 4.99 Å². The van der Waals surface area contributed by atoms with Gasteiger partial charge in [0.2, 0.25) is 5.89 Å². The summed E-state index contributed by atoms with van der Waals surface area (Å²) in [6, 6.07) is 7.96. The monoisotopic (exact) mass is 534 g/mol. The highest BCUT2D eigenvalue weighted by Gasteiger charge is 2.28. The fraction of sp³-hybridized carbons (Fsp3) is 0.500. The second-order valence-corrected chi connectivity index (χ2v) is 10.4. The predicted octanol–water partition coefficient (Wildman–Crippen LogP) is 3.54. The molecule has 0 aliphatic rings. The highest BCUT2D eigenvalue weighted by Crippen LogP contribution is 2.19. The minimum absolute atomic E-state index is 0. The summed E-state index contributed by atoms with van der Waals surface area (Å²) in [5.41, 5.74) is 2.79. The molecule has 1 aromatic carbocycles. The topological polar surface area (TPSA) is 96.6 Å². The van der Waals surface area contributed by atoms with E-state index < -0.39 is 14.6 Å². The molecule has 0 spiro atoms. The third kappa shape index (κ3) is 7.61. The van der Waals surface area contributed by atoms with Gasteiger partial charge in [-0.1, -0.05) is 17.7 Å². The van der Waals surface area contributed by atoms with E-state index in [0.29, 0.717) is 37.2 Å². The molecule has 2 N–H and O–H groups in total. The maximum atomic E-state index is 12.2. The minimum atomic E-state index is -3.18. The van der Waals surface area contributed by atoms with Crippen molar-refractivity contribution >= 4 is 39.8 Å². The van der Waals surface area contributed by atoms with Crippen molar-refractivity contribution in [3.63, 3.8) is 0 Å². The molecule has 1 aromatic heterocycles. The van der Waals surface area contributed by atoms with E-state index in [0.717, 1.165) is 5.56 Å². The summed E-state index contributed by atoms with van der Waals surface area (Å²) >= 11 is 0. The van der Waals surface area contributed by atoms with Crippen LogP contribution in [0.3, 0.4) is 0 Å². The van der Waals surface area contributed by atoms with Crippen molar-refractivity contribution in [3.8, 4) is 11.5 Å². The standard InChI is InChI=1S/C20H30N4O3S.HI/c1-6-21-19(22-11-12-28(25,26)20(3,4)5)23-13-17-14-27-18(24-17)16-9-7-15(2)8-10-16;/h7-10,14H,6,11-13H2,1-5H3,(H2,21,22,23);1H. The third-order valence-corrected chi connectivity index (χ3v) is 6.80. The van der Waals surface area contributed by atoms with E-state index in [1.54, 1.807) is 27.0 Å². The number of nitrogens with one attached hydrogen (secondary N) is 2. The molecule has 0 unspecified atom stereocenters. The number of benzene rings is 1. The Hall–Kier alpha value is -1.62. The number of sulfone groups is 1. The number of rotatable bonds is 7. The van der Waals surface area contributed by atoms with Crippen LogP contribution in [0.1, 0.15) is 39.0 Å². The van der Waals surface area contributed by atoms with Crippen LogP contribution in [0.5, 0.6) is 0 Å². The van der Waals surface area contributed by atoms with Crippen LogP contribution in [0.4, 0.5) is 0 Å². The van der Waals surface area contributed by atoms with E-state index in [4.69, 9.17) is 4.42 Å². The molecular weight excluding hydrogens is 503 g/mol. The van der Waals surface area contributed by atoms with E-state index in [-0.39, 0.29) is 29.7 Å². The van der Waals surface area contributed by atoms with Gasteiger partial charge in [0.05, 0.1) is 17.0 Å². The molecule has 0 fully saturated rings. The van der Waals surface area contributed by atoms with Gasteiger partial charge in [-0.25, -0.2) is 18.4 Å². The lowest BCUT2D eigenvalue weighted by atomic mass is 10.1. The highest BCUT2D eigenvalue weighted by molar-refractivity contribution is 14.0. The first kappa shape index (κ1) is 25.4. The number of aliphatic imine (C=N–C) groups is 1. The van der Waals surface area contributed by atoms with Gasteiger partial charge in [-0.2, -0.15) is 0 Å². The van der Waals surface area contributed by atoms with E-state index in [1.165, 1.54) is 5.56 Å². The van der Waals surface area contributed by atoms with Gasteiger partial charge in [0.15, 0.2) is 15.8 Å². The molecule has 0 bridgehead atoms. The van der Waals surface area contributed by atoms with Crippen LogP contribution in [-0.2, 0) is 16.4 Å². The van der Waals surface area contributed by atoms with Crippen LogP contribution in [0.2, 0.25) is 0 Å². The summed E-state index contributed by atoms with van der Waals surface area (Å²) in [7, 11) is -3.18. The average Bonchev–Trinajstić information content (AvgIpc) is 3.08. The van der Waals surface area contributed by atoms with Gasteiger partial charge in [-0.3, -0.25) is 0 Å². The summed E-state index contributed by atoms with van der Waals surface area (Å²) in [4.78, 5) is 8.93. The van der Waals surface area contributed by atoms with Gasteiger partial charge >= 0.3 is 0 Å². The molecule has 0 atom stereocenters. The zero-order valence-electron chi connectivity index (χ0n) is 17.7. The first-order chi connectivity index (χ1) is 13.1. The number of hydrogen-bond donors (Lipinski definition) is 2. The van der Waals surface area contributed by atoms with Crippen LogP contribution in [-0.4, -0.2) is 43.0 Å². The SMILES string of the molecule is CCNC(=NCc1coc(-c2ccc(C)cc2)n1)NCCS(=O)(=O)C(C)(C)C.I. The van der Waals surface area contributed by atoms with E-state index in [2.05, 4.69) is 20.6 Å². The summed E-state index contributed by atoms with van der Waals surface area (Å²) in [5.74, 6) is 1.15. The summed E-state index contributed by atoms with van der Waals surface area (Å²) in [6.07, 6.45) is 1.59. The Labute approximate surface area is 190 Å². The zero-order chi connectivity index (χ0) is 20.8. The maximum Gasteiger partial charge on any atom is 0.226 e. The van der Waals surface area contributed by atoms with E-state index in [1.807, 2.05) is 38.1 Å². The molecule has 2 rings (SSSR count). The van der Waals surface area contributed by atoms with Crippen LogP contribution in [0.15, 0.2) is 39.9 Å². The maximum absolute atomic E-state index is 12.2. The molecule has 0 saturated carbocycles. The van der Waals surface area contributed by atoms with Crippen LogP contribution in [0, 0.1) is 6.92 Å². The van der Waals surface area contributed by atoms with Crippen LogP contribution >= 0.6 is 24.0 Å². The quantitative estimate of drug-likeness (QED) is 0.321. The lowest BCUT2D eigenvalue weighted by molar-refractivity contribution is 0.559. The highest BCUT2D eigenvalue weighted by atomic mass is 127. The second kappa shape index (κ2) is 11.0. The van der Waals surface area contributed by atoms with Gasteiger partial charge < -0.3 is 15.1 Å². The molecule has 0 saturated heterocycles. The van der Waals surface area contributed by atoms with Crippen molar-refractivity contribution in [3.05, 3.63) is 41.8 Å². The molecule has 0 aliphatic carbocycles. The van der Waals surface area contributed by atoms with Crippen molar-refractivity contribution in [1.82, 2.24) is 15.6 Å². The molecule has 29 heavy (non-hydrogen) atoms. The van der Waals surface area contributed by atoms with Gasteiger partial charge in [0.1, 0.15) is 12.0 Å². The fourth-order valence-corrected chi connectivity index (χ4v) is 3.30. The predicted molar refractivity (Wildman–Crippen MR) is 128 cm³/mol. The number of hydrogen-bond acceptors (Lipinski definition) is 5. The molecule has 7 nitrogen and oxygen atoms in total. The molecule has 0 amide bonds. The first-order valence-electron chi connectivity index (χ1n) is 9.38. The number of halogens is 1. The minimum Gasteiger partial charge on any atom is -0.444 e. The number of aryl methyl sites for hydroxylation is 1. The van der Waals surface area contributed by atoms with Crippen molar-refractivity contribution in [1.29, 1.82) is 0 Å². The van der Waals surface area contributed by atoms with Crippen molar-refractivity contribution < 1.29 is 12.8 Å². The summed E-state index contributed by atoms with van der Waals surface area (Å²) < 4.78 is 29.2. The summed E-state index contributed by atoms with van der Waals surface area (Å²) in [6.45, 7) is 10.4. The van der Waals surface area contributed by atoms with E-state index in [9.17, 15) is 8.42 Å². The molecule has 2 aromatic rings. The van der Waals surface area contributed by atoms with Gasteiger partial charge in [0, 0.05) is 18.7 Å². The van der Waals surface area contributed by atoms with Crippen LogP contribution < -0.4 is 10.6 Å². The Morgan fingerprint density at radius 3 is 2.41 bits per heavy atom. The Bertz CT molecular complexity index is 901. The fourth-order valence-electron chi connectivity index (χ4n) is 2.32. The molecule has 1 heterocycles. The smallest absolute Gasteiger partial charge is 0.226 e. The molecule has 162 valence electrons. The zero-order valence-corrected chi connectivity index (χ0v) is 20.8. The average molecular weight is 534 g/mol. The van der Waals surface area contributed by atoms with Gasteiger partial charge in [-0.15, -0.1) is 24.0 Å². The van der Waals surface area contributed by atoms with Crippen molar-refractivity contribution in [2.45, 2.75) is 45.9 Å². The van der Waals surface area contributed by atoms with Crippen molar-refractivity contribution in [2.75, 3.05) is 18.8 Å². The number of oxazole rings is 1. The number of guanidine groups is 1. The second-order valence-electron chi connectivity index (χ2n) is 7.56. The van der Waals surface area contributed by atoms with E-state index >= 15 is 0 Å². The molecule has 0 aliphatic heterocycles. The first-order valence-corrected chi connectivity index (χ1v) is 11.0. The summed E-state index contributed by atoms with van der Waals surface area (Å²) in [5, 5.41) is 6.17. The van der Waals surface area contributed by atoms with Gasteiger partial charge in [0.25, 0.3) is 0 Å². The van der Waals surface area contributed by atoms with Gasteiger partial charge in [-0.05, 0) is 46.8 Å². The third-order valence-electron chi connectivity index (χ3n) is 4.19. The number of aromatic nitrogens is 1. The Kier molecular flexibility index (Phi) is 9.60. The molecular formula is C20H31IN4O3S. The molecule has 9 heteroatoms. The lowest BCUT2D eigenvalue weighted by Gasteiger charge is -2.19. The normalized spacial score (nSPS) is 12.4. The Balaban J connectivity index is 0.00000420. The largest absolute Gasteiger partial charge is 0.444 e. The number of nitrogens with zero attached hydrogens (tertiary/aromatic N) is 2. The Morgan fingerprint density at radius 1 is 1.17 bits per heavy atom. The molecule has 0 radical (unpaired) electrons.